The second-order valence-electron chi connectivity index (χ2n) is 8.54. The van der Waals surface area contributed by atoms with Crippen LogP contribution in [0.3, 0.4) is 0 Å². The Bertz CT molecular complexity index is 689. The van der Waals surface area contributed by atoms with Crippen LogP contribution in [0.2, 0.25) is 0 Å². The van der Waals surface area contributed by atoms with E-state index in [0.717, 1.165) is 61.5 Å². The molecule has 0 unspecified atom stereocenters. The van der Waals surface area contributed by atoms with E-state index in [4.69, 9.17) is 17.0 Å². The monoisotopic (exact) mass is 388 g/mol. The minimum atomic E-state index is -0.806. The van der Waals surface area contributed by atoms with Crippen LogP contribution < -0.4 is 10.1 Å². The fourth-order valence-corrected chi connectivity index (χ4v) is 6.27. The molecule has 1 aromatic carbocycles. The van der Waals surface area contributed by atoms with E-state index in [1.54, 1.807) is 7.11 Å². The van der Waals surface area contributed by atoms with Gasteiger partial charge in [0.15, 0.2) is 5.11 Å². The zero-order chi connectivity index (χ0) is 18.9. The number of rotatable bonds is 4. The average molecular weight is 389 g/mol. The summed E-state index contributed by atoms with van der Waals surface area (Å²) in [7, 11) is 1.71. The van der Waals surface area contributed by atoms with Crippen molar-refractivity contribution in [3.8, 4) is 5.75 Å². The van der Waals surface area contributed by atoms with Crippen LogP contribution in [0, 0.1) is 5.92 Å². The highest BCUT2D eigenvalue weighted by atomic mass is 32.1. The van der Waals surface area contributed by atoms with Gasteiger partial charge >= 0.3 is 0 Å². The Kier molecular flexibility index (Phi) is 5.34. The SMILES string of the molecule is COc1ccccc1CCN1C(=S)NC2(CCCCC2)[C@H]2CCCC[C@]21O. The van der Waals surface area contributed by atoms with Gasteiger partial charge in [-0.3, -0.25) is 0 Å². The largest absolute Gasteiger partial charge is 0.496 e. The molecule has 1 saturated heterocycles. The van der Waals surface area contributed by atoms with E-state index < -0.39 is 5.72 Å². The van der Waals surface area contributed by atoms with Crippen molar-refractivity contribution in [2.45, 2.75) is 75.5 Å². The number of nitrogens with one attached hydrogen (secondary N) is 1. The summed E-state index contributed by atoms with van der Waals surface area (Å²) in [6.07, 6.45) is 11.1. The van der Waals surface area contributed by atoms with Crippen molar-refractivity contribution >= 4 is 17.3 Å². The van der Waals surface area contributed by atoms with Gasteiger partial charge in [-0.2, -0.15) is 0 Å². The second-order valence-corrected chi connectivity index (χ2v) is 8.92. The smallest absolute Gasteiger partial charge is 0.171 e. The highest BCUT2D eigenvalue weighted by molar-refractivity contribution is 7.80. The number of aliphatic hydroxyl groups is 1. The predicted octanol–water partition coefficient (Wildman–Crippen LogP) is 4.01. The molecule has 1 aliphatic heterocycles. The average Bonchev–Trinajstić information content (AvgIpc) is 2.68. The Balaban J connectivity index is 1.58. The molecule has 2 aliphatic carbocycles. The lowest BCUT2D eigenvalue weighted by atomic mass is 9.62. The van der Waals surface area contributed by atoms with Crippen LogP contribution in [0.4, 0.5) is 0 Å². The summed E-state index contributed by atoms with van der Waals surface area (Å²) in [5, 5.41) is 16.4. The third-order valence-corrected chi connectivity index (χ3v) is 7.45. The normalized spacial score (nSPS) is 29.9. The number of thiocarbonyl (C=S) groups is 1. The number of hydrogen-bond donors (Lipinski definition) is 2. The summed E-state index contributed by atoms with van der Waals surface area (Å²) in [5.41, 5.74) is 0.363. The summed E-state index contributed by atoms with van der Waals surface area (Å²) in [5.74, 6) is 1.17. The molecule has 4 rings (SSSR count). The summed E-state index contributed by atoms with van der Waals surface area (Å²) < 4.78 is 5.50. The number of hydrogen-bond acceptors (Lipinski definition) is 3. The van der Waals surface area contributed by atoms with Gasteiger partial charge in [0.2, 0.25) is 0 Å². The Morgan fingerprint density at radius 3 is 2.67 bits per heavy atom. The lowest BCUT2D eigenvalue weighted by Crippen LogP contribution is -2.75. The zero-order valence-corrected chi connectivity index (χ0v) is 17.2. The Labute approximate surface area is 168 Å². The molecule has 2 saturated carbocycles. The van der Waals surface area contributed by atoms with Crippen molar-refractivity contribution < 1.29 is 9.84 Å². The van der Waals surface area contributed by atoms with E-state index in [-0.39, 0.29) is 11.5 Å². The van der Waals surface area contributed by atoms with Crippen molar-refractivity contribution in [3.05, 3.63) is 29.8 Å². The Morgan fingerprint density at radius 1 is 1.15 bits per heavy atom. The fourth-order valence-electron chi connectivity index (χ4n) is 5.82. The molecule has 5 heteroatoms. The molecular weight excluding hydrogens is 356 g/mol. The van der Waals surface area contributed by atoms with E-state index >= 15 is 0 Å². The maximum Gasteiger partial charge on any atom is 0.171 e. The molecule has 1 aromatic rings. The van der Waals surface area contributed by atoms with E-state index in [0.29, 0.717) is 0 Å². The Morgan fingerprint density at radius 2 is 1.89 bits per heavy atom. The van der Waals surface area contributed by atoms with Crippen LogP contribution in [0.5, 0.6) is 5.75 Å². The second kappa shape index (κ2) is 7.59. The van der Waals surface area contributed by atoms with Crippen LogP contribution in [-0.2, 0) is 6.42 Å². The van der Waals surface area contributed by atoms with Gasteiger partial charge in [0.05, 0.1) is 7.11 Å². The van der Waals surface area contributed by atoms with Gasteiger partial charge < -0.3 is 20.1 Å². The first-order valence-corrected chi connectivity index (χ1v) is 10.9. The van der Waals surface area contributed by atoms with E-state index in [1.807, 2.05) is 18.2 Å². The first kappa shape index (κ1) is 19.0. The molecule has 27 heavy (non-hydrogen) atoms. The topological polar surface area (TPSA) is 44.7 Å². The minimum absolute atomic E-state index is 0.00540. The van der Waals surface area contributed by atoms with Crippen LogP contribution >= 0.6 is 12.2 Å². The molecule has 0 radical (unpaired) electrons. The van der Waals surface area contributed by atoms with Crippen molar-refractivity contribution in [2.75, 3.05) is 13.7 Å². The van der Waals surface area contributed by atoms with Crippen molar-refractivity contribution in [1.82, 2.24) is 10.2 Å². The third kappa shape index (κ3) is 3.33. The molecule has 2 atom stereocenters. The standard InChI is InChI=1S/C22H32N2O2S/c1-26-18-10-4-3-9-17(18)12-16-24-20(27)23-21(13-6-2-7-14-21)19-11-5-8-15-22(19,24)25/h3-4,9-10,19,25H,2,5-8,11-16H2,1H3,(H,23,27)/t19-,22+/m1/s1. The molecule has 1 heterocycles. The van der Waals surface area contributed by atoms with Gasteiger partial charge in [0.1, 0.15) is 11.5 Å². The molecule has 0 aromatic heterocycles. The number of ether oxygens (including phenoxy) is 1. The molecule has 1 spiro atoms. The first-order chi connectivity index (χ1) is 13.1. The van der Waals surface area contributed by atoms with Gasteiger partial charge in [0.25, 0.3) is 0 Å². The zero-order valence-electron chi connectivity index (χ0n) is 16.4. The van der Waals surface area contributed by atoms with Gasteiger partial charge in [-0.1, -0.05) is 43.9 Å². The van der Waals surface area contributed by atoms with E-state index in [1.165, 1.54) is 25.7 Å². The minimum Gasteiger partial charge on any atom is -0.496 e. The summed E-state index contributed by atoms with van der Waals surface area (Å²) in [6, 6.07) is 8.13. The van der Waals surface area contributed by atoms with Crippen molar-refractivity contribution in [1.29, 1.82) is 0 Å². The predicted molar refractivity (Wildman–Crippen MR) is 112 cm³/mol. The molecule has 2 N–H and O–H groups in total. The molecule has 4 nitrogen and oxygen atoms in total. The lowest BCUT2D eigenvalue weighted by molar-refractivity contribution is -0.181. The number of para-hydroxylation sites is 1. The van der Waals surface area contributed by atoms with Gasteiger partial charge in [-0.05, 0) is 62.4 Å². The maximum atomic E-state index is 11.9. The Hall–Kier alpha value is -1.33. The van der Waals surface area contributed by atoms with E-state index in [9.17, 15) is 5.11 Å². The fraction of sp³-hybridized carbons (Fsp3) is 0.682. The maximum absolute atomic E-state index is 11.9. The number of fused-ring (bicyclic) bond motifs is 2. The molecule has 3 aliphatic rings. The van der Waals surface area contributed by atoms with Crippen LogP contribution in [0.15, 0.2) is 24.3 Å². The molecule has 0 bridgehead atoms. The van der Waals surface area contributed by atoms with E-state index in [2.05, 4.69) is 16.3 Å². The molecule has 3 fully saturated rings. The summed E-state index contributed by atoms with van der Waals surface area (Å²) >= 11 is 5.82. The lowest BCUT2D eigenvalue weighted by Gasteiger charge is -2.61. The van der Waals surface area contributed by atoms with Gasteiger partial charge in [-0.25, -0.2) is 0 Å². The third-order valence-electron chi connectivity index (χ3n) is 7.12. The van der Waals surface area contributed by atoms with Crippen LogP contribution in [0.1, 0.15) is 63.4 Å². The van der Waals surface area contributed by atoms with Gasteiger partial charge in [0, 0.05) is 18.0 Å². The molecule has 0 amide bonds. The van der Waals surface area contributed by atoms with Crippen molar-refractivity contribution in [3.63, 3.8) is 0 Å². The molecule has 148 valence electrons. The number of nitrogens with zero attached hydrogens (tertiary/aromatic N) is 1. The highest BCUT2D eigenvalue weighted by Gasteiger charge is 2.58. The number of methoxy groups -OCH3 is 1. The van der Waals surface area contributed by atoms with Gasteiger partial charge in [-0.15, -0.1) is 0 Å². The highest BCUT2D eigenvalue weighted by Crippen LogP contribution is 2.50. The van der Waals surface area contributed by atoms with Crippen LogP contribution in [-0.4, -0.2) is 40.0 Å². The molecular formula is C22H32N2O2S. The van der Waals surface area contributed by atoms with Crippen LogP contribution in [0.25, 0.3) is 0 Å². The van der Waals surface area contributed by atoms with Crippen molar-refractivity contribution in [2.24, 2.45) is 5.92 Å². The summed E-state index contributed by atoms with van der Waals surface area (Å²) in [4.78, 5) is 2.10. The first-order valence-electron chi connectivity index (χ1n) is 10.5. The summed E-state index contributed by atoms with van der Waals surface area (Å²) in [6.45, 7) is 0.718. The number of benzene rings is 1. The quantitative estimate of drug-likeness (QED) is 0.763.